The summed E-state index contributed by atoms with van der Waals surface area (Å²) in [5.74, 6) is -0.00483. The van der Waals surface area contributed by atoms with Gasteiger partial charge in [-0.15, -0.1) is 0 Å². The van der Waals surface area contributed by atoms with Gasteiger partial charge in [0.1, 0.15) is 0 Å². The van der Waals surface area contributed by atoms with Crippen LogP contribution in [0, 0.1) is 5.92 Å². The molecule has 122 valence electrons. The average molecular weight is 305 g/mol. The normalized spacial score (nSPS) is 17.5. The lowest BCUT2D eigenvalue weighted by Gasteiger charge is -2.19. The van der Waals surface area contributed by atoms with Crippen LogP contribution in [0.1, 0.15) is 44.2 Å². The SMILES string of the molecule is O=C(NCC(CO)Cc1ccccn1)NC1CCCCCC1. The number of amides is 2. The Morgan fingerprint density at radius 1 is 1.27 bits per heavy atom. The molecular weight excluding hydrogens is 278 g/mol. The number of aromatic nitrogens is 1. The van der Waals surface area contributed by atoms with Crippen molar-refractivity contribution in [3.8, 4) is 0 Å². The van der Waals surface area contributed by atoms with Crippen LogP contribution in [0.5, 0.6) is 0 Å². The van der Waals surface area contributed by atoms with Crippen LogP contribution < -0.4 is 10.6 Å². The Kier molecular flexibility index (Phi) is 7.16. The number of nitrogens with zero attached hydrogens (tertiary/aromatic N) is 1. The van der Waals surface area contributed by atoms with E-state index < -0.39 is 0 Å². The lowest BCUT2D eigenvalue weighted by atomic mass is 10.0. The molecule has 1 aromatic rings. The van der Waals surface area contributed by atoms with Gasteiger partial charge in [0.2, 0.25) is 0 Å². The molecule has 2 rings (SSSR count). The van der Waals surface area contributed by atoms with Crippen molar-refractivity contribution in [2.45, 2.75) is 51.0 Å². The van der Waals surface area contributed by atoms with Crippen molar-refractivity contribution in [2.75, 3.05) is 13.2 Å². The second-order valence-electron chi connectivity index (χ2n) is 6.12. The fourth-order valence-corrected chi connectivity index (χ4v) is 2.91. The highest BCUT2D eigenvalue weighted by atomic mass is 16.3. The largest absolute Gasteiger partial charge is 0.396 e. The van der Waals surface area contributed by atoms with Gasteiger partial charge < -0.3 is 15.7 Å². The highest BCUT2D eigenvalue weighted by Gasteiger charge is 2.16. The van der Waals surface area contributed by atoms with Crippen LogP contribution in [0.25, 0.3) is 0 Å². The number of hydrogen-bond acceptors (Lipinski definition) is 3. The second kappa shape index (κ2) is 9.41. The molecule has 1 aliphatic rings. The maximum absolute atomic E-state index is 12.0. The molecular formula is C17H27N3O2. The molecule has 1 aromatic heterocycles. The van der Waals surface area contributed by atoms with Gasteiger partial charge in [0, 0.05) is 37.0 Å². The van der Waals surface area contributed by atoms with Gasteiger partial charge in [-0.3, -0.25) is 4.98 Å². The Labute approximate surface area is 132 Å². The van der Waals surface area contributed by atoms with Crippen LogP contribution in [-0.4, -0.2) is 35.3 Å². The van der Waals surface area contributed by atoms with Crippen molar-refractivity contribution < 1.29 is 9.90 Å². The standard InChI is InChI=1S/C17H27N3O2/c21-13-14(11-16-9-5-6-10-18-16)12-19-17(22)20-15-7-3-1-2-4-8-15/h5-6,9-10,14-15,21H,1-4,7-8,11-13H2,(H2,19,20,22). The van der Waals surface area contributed by atoms with Crippen molar-refractivity contribution in [1.29, 1.82) is 0 Å². The van der Waals surface area contributed by atoms with E-state index in [0.717, 1.165) is 18.5 Å². The quantitative estimate of drug-likeness (QED) is 0.706. The molecule has 1 aliphatic carbocycles. The molecule has 22 heavy (non-hydrogen) atoms. The zero-order valence-corrected chi connectivity index (χ0v) is 13.1. The molecule has 1 heterocycles. The minimum atomic E-state index is -0.119. The topological polar surface area (TPSA) is 74.2 Å². The molecule has 0 radical (unpaired) electrons. The third kappa shape index (κ3) is 6.02. The molecule has 0 saturated heterocycles. The fourth-order valence-electron chi connectivity index (χ4n) is 2.91. The van der Waals surface area contributed by atoms with E-state index in [4.69, 9.17) is 0 Å². The molecule has 0 spiro atoms. The molecule has 2 amide bonds. The van der Waals surface area contributed by atoms with Crippen LogP contribution in [0.15, 0.2) is 24.4 Å². The first-order chi connectivity index (χ1) is 10.8. The number of pyridine rings is 1. The zero-order valence-electron chi connectivity index (χ0n) is 13.1. The maximum Gasteiger partial charge on any atom is 0.315 e. The first kappa shape index (κ1) is 16.7. The van der Waals surface area contributed by atoms with Crippen LogP contribution in [-0.2, 0) is 6.42 Å². The Balaban J connectivity index is 1.71. The molecule has 1 fully saturated rings. The summed E-state index contributed by atoms with van der Waals surface area (Å²) in [6.45, 7) is 0.506. The van der Waals surface area contributed by atoms with Gasteiger partial charge in [-0.05, 0) is 31.4 Å². The van der Waals surface area contributed by atoms with E-state index in [0.29, 0.717) is 19.0 Å². The summed E-state index contributed by atoms with van der Waals surface area (Å²) in [5, 5.41) is 15.4. The molecule has 1 saturated carbocycles. The number of carbonyl (C=O) groups excluding carboxylic acids is 1. The Hall–Kier alpha value is -1.62. The van der Waals surface area contributed by atoms with Crippen LogP contribution in [0.2, 0.25) is 0 Å². The van der Waals surface area contributed by atoms with E-state index in [1.807, 2.05) is 18.2 Å². The highest BCUT2D eigenvalue weighted by molar-refractivity contribution is 5.74. The lowest BCUT2D eigenvalue weighted by Crippen LogP contribution is -2.44. The van der Waals surface area contributed by atoms with E-state index in [-0.39, 0.29) is 18.6 Å². The lowest BCUT2D eigenvalue weighted by molar-refractivity contribution is 0.211. The summed E-state index contributed by atoms with van der Waals surface area (Å²) in [5.41, 5.74) is 0.938. The number of rotatable bonds is 6. The van der Waals surface area contributed by atoms with Crippen molar-refractivity contribution in [3.63, 3.8) is 0 Å². The highest BCUT2D eigenvalue weighted by Crippen LogP contribution is 2.17. The third-order valence-corrected chi connectivity index (χ3v) is 4.22. The number of nitrogens with one attached hydrogen (secondary N) is 2. The predicted molar refractivity (Wildman–Crippen MR) is 86.5 cm³/mol. The van der Waals surface area contributed by atoms with Crippen molar-refractivity contribution in [3.05, 3.63) is 30.1 Å². The Morgan fingerprint density at radius 2 is 2.05 bits per heavy atom. The van der Waals surface area contributed by atoms with Crippen molar-refractivity contribution in [1.82, 2.24) is 15.6 Å². The van der Waals surface area contributed by atoms with Gasteiger partial charge in [0.05, 0.1) is 0 Å². The van der Waals surface area contributed by atoms with E-state index in [9.17, 15) is 9.90 Å². The summed E-state index contributed by atoms with van der Waals surface area (Å²) in [7, 11) is 0. The Bertz CT molecular complexity index is 431. The Morgan fingerprint density at radius 3 is 2.68 bits per heavy atom. The summed E-state index contributed by atoms with van der Waals surface area (Å²) in [6.07, 6.45) is 9.51. The number of urea groups is 1. The molecule has 3 N–H and O–H groups in total. The number of carbonyl (C=O) groups is 1. The van der Waals surface area contributed by atoms with Crippen LogP contribution in [0.3, 0.4) is 0 Å². The van der Waals surface area contributed by atoms with Gasteiger partial charge in [0.25, 0.3) is 0 Å². The van der Waals surface area contributed by atoms with E-state index in [1.54, 1.807) is 6.20 Å². The number of hydrogen-bond donors (Lipinski definition) is 3. The summed E-state index contributed by atoms with van der Waals surface area (Å²) >= 11 is 0. The fraction of sp³-hybridized carbons (Fsp3) is 0.647. The van der Waals surface area contributed by atoms with E-state index in [1.165, 1.54) is 25.7 Å². The molecule has 0 aromatic carbocycles. The number of aliphatic hydroxyl groups is 1. The van der Waals surface area contributed by atoms with Crippen LogP contribution in [0.4, 0.5) is 4.79 Å². The van der Waals surface area contributed by atoms with Crippen molar-refractivity contribution in [2.24, 2.45) is 5.92 Å². The van der Waals surface area contributed by atoms with Gasteiger partial charge in [-0.25, -0.2) is 4.79 Å². The van der Waals surface area contributed by atoms with Gasteiger partial charge in [-0.1, -0.05) is 31.7 Å². The van der Waals surface area contributed by atoms with Gasteiger partial charge in [-0.2, -0.15) is 0 Å². The van der Waals surface area contributed by atoms with E-state index in [2.05, 4.69) is 15.6 Å². The maximum atomic E-state index is 12.0. The van der Waals surface area contributed by atoms with Gasteiger partial charge >= 0.3 is 6.03 Å². The monoisotopic (exact) mass is 305 g/mol. The third-order valence-electron chi connectivity index (χ3n) is 4.22. The zero-order chi connectivity index (χ0) is 15.6. The predicted octanol–water partition coefficient (Wildman–Crippen LogP) is 2.25. The second-order valence-corrected chi connectivity index (χ2v) is 6.12. The van der Waals surface area contributed by atoms with E-state index >= 15 is 0 Å². The summed E-state index contributed by atoms with van der Waals surface area (Å²) in [6, 6.07) is 5.92. The number of aliphatic hydroxyl groups excluding tert-OH is 1. The summed E-state index contributed by atoms with van der Waals surface area (Å²) < 4.78 is 0. The minimum absolute atomic E-state index is 0.00483. The molecule has 1 unspecified atom stereocenters. The molecule has 5 heteroatoms. The van der Waals surface area contributed by atoms with Gasteiger partial charge in [0.15, 0.2) is 0 Å². The molecule has 0 aliphatic heterocycles. The first-order valence-corrected chi connectivity index (χ1v) is 8.33. The average Bonchev–Trinajstić information content (AvgIpc) is 2.81. The summed E-state index contributed by atoms with van der Waals surface area (Å²) in [4.78, 5) is 16.2. The van der Waals surface area contributed by atoms with Crippen LogP contribution >= 0.6 is 0 Å². The first-order valence-electron chi connectivity index (χ1n) is 8.33. The molecule has 0 bridgehead atoms. The minimum Gasteiger partial charge on any atom is -0.396 e. The molecule has 5 nitrogen and oxygen atoms in total. The smallest absolute Gasteiger partial charge is 0.315 e. The molecule has 1 atom stereocenters. The van der Waals surface area contributed by atoms with Crippen molar-refractivity contribution >= 4 is 6.03 Å².